The van der Waals surface area contributed by atoms with Crippen LogP contribution in [-0.2, 0) is 15.9 Å². The molecule has 1 aromatic carbocycles. The van der Waals surface area contributed by atoms with Gasteiger partial charge >= 0.3 is 0 Å². The zero-order valence-electron chi connectivity index (χ0n) is 9.99. The van der Waals surface area contributed by atoms with Crippen LogP contribution in [0.25, 0.3) is 0 Å². The molecule has 2 rings (SSSR count). The number of benzene rings is 1. The second-order valence-electron chi connectivity index (χ2n) is 4.21. The second kappa shape index (κ2) is 6.36. The van der Waals surface area contributed by atoms with E-state index in [0.29, 0.717) is 19.8 Å². The zero-order chi connectivity index (χ0) is 12.1. The highest BCUT2D eigenvalue weighted by atomic mass is 35.5. The molecule has 0 radical (unpaired) electrons. The molecule has 2 unspecified atom stereocenters. The van der Waals surface area contributed by atoms with Gasteiger partial charge in [-0.2, -0.15) is 0 Å². The lowest BCUT2D eigenvalue weighted by Gasteiger charge is -2.30. The maximum Gasteiger partial charge on any atom is 0.0965 e. The Kier molecular flexibility index (Phi) is 4.80. The Morgan fingerprint density at radius 1 is 1.35 bits per heavy atom. The van der Waals surface area contributed by atoms with Gasteiger partial charge in [0.1, 0.15) is 0 Å². The van der Waals surface area contributed by atoms with Crippen molar-refractivity contribution in [2.45, 2.75) is 18.6 Å². The van der Waals surface area contributed by atoms with Gasteiger partial charge in [0.2, 0.25) is 0 Å². The summed E-state index contributed by atoms with van der Waals surface area (Å²) in [5.74, 6) is 0. The Bertz CT molecular complexity index is 336. The Morgan fingerprint density at radius 2 is 2.12 bits per heavy atom. The van der Waals surface area contributed by atoms with E-state index in [2.05, 4.69) is 17.4 Å². The van der Waals surface area contributed by atoms with E-state index in [9.17, 15) is 0 Å². The predicted molar refractivity (Wildman–Crippen MR) is 68.6 cm³/mol. The maximum atomic E-state index is 5.87. The molecule has 1 aromatic rings. The highest BCUT2D eigenvalue weighted by Crippen LogP contribution is 2.14. The molecule has 1 aliphatic rings. The Balaban J connectivity index is 1.96. The Labute approximate surface area is 107 Å². The number of hydrogen-bond donors (Lipinski definition) is 1. The molecule has 2 atom stereocenters. The molecule has 17 heavy (non-hydrogen) atoms. The minimum Gasteiger partial charge on any atom is -0.376 e. The van der Waals surface area contributed by atoms with Crippen LogP contribution < -0.4 is 5.32 Å². The Hall–Kier alpha value is -0.610. The normalized spacial score (nSPS) is 22.4. The van der Waals surface area contributed by atoms with Crippen molar-refractivity contribution in [3.8, 4) is 0 Å². The molecule has 0 saturated carbocycles. The summed E-state index contributed by atoms with van der Waals surface area (Å²) >= 11 is 5.87. The van der Waals surface area contributed by atoms with Crippen molar-refractivity contribution in [1.82, 2.24) is 5.32 Å². The van der Waals surface area contributed by atoms with Crippen LogP contribution in [0.2, 0.25) is 5.02 Å². The first kappa shape index (κ1) is 12.8. The van der Waals surface area contributed by atoms with Gasteiger partial charge in [-0.05, 0) is 31.2 Å². The molecular formula is C13H18ClNO2. The topological polar surface area (TPSA) is 30.5 Å². The summed E-state index contributed by atoms with van der Waals surface area (Å²) in [6.45, 7) is 2.05. The van der Waals surface area contributed by atoms with E-state index in [0.717, 1.165) is 11.4 Å². The van der Waals surface area contributed by atoms with E-state index < -0.39 is 0 Å². The molecule has 1 N–H and O–H groups in total. The number of ether oxygens (including phenoxy) is 2. The van der Waals surface area contributed by atoms with E-state index in [1.54, 1.807) is 0 Å². The molecule has 0 spiro atoms. The lowest BCUT2D eigenvalue weighted by Crippen LogP contribution is -2.46. The molecule has 0 amide bonds. The summed E-state index contributed by atoms with van der Waals surface area (Å²) in [4.78, 5) is 0. The molecule has 4 heteroatoms. The third-order valence-corrected chi connectivity index (χ3v) is 3.28. The van der Waals surface area contributed by atoms with Crippen molar-refractivity contribution in [2.24, 2.45) is 0 Å². The maximum absolute atomic E-state index is 5.87. The molecular weight excluding hydrogens is 238 g/mol. The summed E-state index contributed by atoms with van der Waals surface area (Å²) in [5, 5.41) is 4.07. The average molecular weight is 256 g/mol. The molecule has 1 aliphatic heterocycles. The molecule has 1 saturated heterocycles. The summed E-state index contributed by atoms with van der Waals surface area (Å²) in [7, 11) is 1.96. The van der Waals surface area contributed by atoms with Crippen LogP contribution in [0.4, 0.5) is 0 Å². The first-order valence-corrected chi connectivity index (χ1v) is 6.28. The van der Waals surface area contributed by atoms with Gasteiger partial charge in [0.15, 0.2) is 0 Å². The molecule has 1 heterocycles. The van der Waals surface area contributed by atoms with Crippen molar-refractivity contribution in [1.29, 1.82) is 0 Å². The molecule has 0 aliphatic carbocycles. The monoisotopic (exact) mass is 255 g/mol. The SMILES string of the molecule is CNC(Cc1ccc(Cl)cc1)C1COCCO1. The number of nitrogens with one attached hydrogen (secondary N) is 1. The third-order valence-electron chi connectivity index (χ3n) is 3.03. The van der Waals surface area contributed by atoms with Crippen LogP contribution >= 0.6 is 11.6 Å². The van der Waals surface area contributed by atoms with Gasteiger partial charge in [-0.3, -0.25) is 0 Å². The lowest BCUT2D eigenvalue weighted by atomic mass is 10.0. The van der Waals surface area contributed by atoms with Crippen molar-refractivity contribution >= 4 is 11.6 Å². The summed E-state index contributed by atoms with van der Waals surface area (Å²) in [5.41, 5.74) is 1.25. The van der Waals surface area contributed by atoms with Gasteiger partial charge in [-0.1, -0.05) is 23.7 Å². The highest BCUT2D eigenvalue weighted by molar-refractivity contribution is 6.30. The van der Waals surface area contributed by atoms with E-state index >= 15 is 0 Å². The van der Waals surface area contributed by atoms with E-state index in [-0.39, 0.29) is 12.1 Å². The van der Waals surface area contributed by atoms with Crippen LogP contribution in [0, 0.1) is 0 Å². The van der Waals surface area contributed by atoms with Crippen molar-refractivity contribution in [3.63, 3.8) is 0 Å². The standard InChI is InChI=1S/C13H18ClNO2/c1-15-12(13-9-16-6-7-17-13)8-10-2-4-11(14)5-3-10/h2-5,12-13,15H,6-9H2,1H3. The number of hydrogen-bond acceptors (Lipinski definition) is 3. The fraction of sp³-hybridized carbons (Fsp3) is 0.538. The van der Waals surface area contributed by atoms with Crippen molar-refractivity contribution in [2.75, 3.05) is 26.9 Å². The highest BCUT2D eigenvalue weighted by Gasteiger charge is 2.23. The van der Waals surface area contributed by atoms with Gasteiger partial charge in [-0.25, -0.2) is 0 Å². The van der Waals surface area contributed by atoms with Crippen molar-refractivity contribution in [3.05, 3.63) is 34.9 Å². The van der Waals surface area contributed by atoms with Gasteiger partial charge < -0.3 is 14.8 Å². The molecule has 3 nitrogen and oxygen atoms in total. The molecule has 0 bridgehead atoms. The third kappa shape index (κ3) is 3.68. The minimum absolute atomic E-state index is 0.129. The largest absolute Gasteiger partial charge is 0.376 e. The van der Waals surface area contributed by atoms with E-state index in [4.69, 9.17) is 21.1 Å². The zero-order valence-corrected chi connectivity index (χ0v) is 10.7. The fourth-order valence-corrected chi connectivity index (χ4v) is 2.16. The summed E-state index contributed by atoms with van der Waals surface area (Å²) in [6, 6.07) is 8.22. The van der Waals surface area contributed by atoms with Crippen LogP contribution in [0.15, 0.2) is 24.3 Å². The Morgan fingerprint density at radius 3 is 2.71 bits per heavy atom. The first-order valence-electron chi connectivity index (χ1n) is 5.90. The van der Waals surface area contributed by atoms with Crippen LogP contribution in [0.5, 0.6) is 0 Å². The molecule has 94 valence electrons. The minimum atomic E-state index is 0.129. The number of likely N-dealkylation sites (N-methyl/N-ethyl adjacent to an activating group) is 1. The van der Waals surface area contributed by atoms with Gasteiger partial charge in [0.25, 0.3) is 0 Å². The quantitative estimate of drug-likeness (QED) is 0.891. The van der Waals surface area contributed by atoms with E-state index in [1.165, 1.54) is 5.56 Å². The summed E-state index contributed by atoms with van der Waals surface area (Å²) < 4.78 is 11.1. The molecule has 0 aromatic heterocycles. The van der Waals surface area contributed by atoms with Gasteiger partial charge in [0, 0.05) is 11.1 Å². The fourth-order valence-electron chi connectivity index (χ4n) is 2.03. The van der Waals surface area contributed by atoms with Crippen LogP contribution in [0.1, 0.15) is 5.56 Å². The lowest BCUT2D eigenvalue weighted by molar-refractivity contribution is -0.100. The summed E-state index contributed by atoms with van der Waals surface area (Å²) in [6.07, 6.45) is 1.05. The second-order valence-corrected chi connectivity index (χ2v) is 4.65. The average Bonchev–Trinajstić information content (AvgIpc) is 2.39. The first-order chi connectivity index (χ1) is 8.29. The van der Waals surface area contributed by atoms with Crippen molar-refractivity contribution < 1.29 is 9.47 Å². The van der Waals surface area contributed by atoms with Crippen LogP contribution in [-0.4, -0.2) is 39.0 Å². The van der Waals surface area contributed by atoms with Gasteiger partial charge in [0.05, 0.1) is 25.9 Å². The molecule has 1 fully saturated rings. The van der Waals surface area contributed by atoms with Gasteiger partial charge in [-0.15, -0.1) is 0 Å². The number of halogens is 1. The van der Waals surface area contributed by atoms with Crippen LogP contribution in [0.3, 0.4) is 0 Å². The smallest absolute Gasteiger partial charge is 0.0965 e. The predicted octanol–water partition coefficient (Wildman–Crippen LogP) is 1.89. The number of rotatable bonds is 4. The van der Waals surface area contributed by atoms with E-state index in [1.807, 2.05) is 19.2 Å².